The van der Waals surface area contributed by atoms with E-state index >= 15 is 0 Å². The number of anilines is 1. The average Bonchev–Trinajstić information content (AvgIpc) is 2.29. The molecule has 2 heteroatoms. The van der Waals surface area contributed by atoms with Crippen molar-refractivity contribution in [2.45, 2.75) is 32.6 Å². The third kappa shape index (κ3) is 3.69. The molecule has 88 valence electrons. The molecule has 0 saturated carbocycles. The molecule has 0 aliphatic carbocycles. The van der Waals surface area contributed by atoms with Gasteiger partial charge in [0.2, 0.25) is 0 Å². The number of hydrogen-bond donors (Lipinski definition) is 0. The molecule has 0 fully saturated rings. The van der Waals surface area contributed by atoms with Crippen LogP contribution < -0.4 is 4.90 Å². The maximum Gasteiger partial charge on any atom is 0.162 e. The van der Waals surface area contributed by atoms with Crippen LogP contribution in [0.4, 0.5) is 5.69 Å². The summed E-state index contributed by atoms with van der Waals surface area (Å²) in [5.41, 5.74) is 1.92. The van der Waals surface area contributed by atoms with Gasteiger partial charge in [-0.15, -0.1) is 0 Å². The molecule has 1 aromatic rings. The van der Waals surface area contributed by atoms with Crippen LogP contribution in [-0.2, 0) is 0 Å². The third-order valence-corrected chi connectivity index (χ3v) is 2.69. The molecule has 0 unspecified atom stereocenters. The number of nitrogens with zero attached hydrogens (tertiary/aromatic N) is 1. The summed E-state index contributed by atoms with van der Waals surface area (Å²) in [5, 5.41) is 0. The Kier molecular flexibility index (Phi) is 5.03. The fraction of sp³-hybridized carbons (Fsp3) is 0.500. The van der Waals surface area contributed by atoms with Gasteiger partial charge in [0.25, 0.3) is 0 Å². The molecular formula is C14H21NO. The minimum atomic E-state index is 0.261. The zero-order chi connectivity index (χ0) is 12.0. The van der Waals surface area contributed by atoms with Crippen LogP contribution in [0.3, 0.4) is 0 Å². The van der Waals surface area contributed by atoms with Crippen LogP contribution in [-0.4, -0.2) is 19.9 Å². The lowest BCUT2D eigenvalue weighted by atomic mass is 10.0. The minimum absolute atomic E-state index is 0.261. The molecule has 1 aromatic carbocycles. The van der Waals surface area contributed by atoms with Gasteiger partial charge in [-0.1, -0.05) is 31.9 Å². The van der Waals surface area contributed by atoms with Crippen molar-refractivity contribution in [2.75, 3.05) is 19.0 Å². The second kappa shape index (κ2) is 6.31. The van der Waals surface area contributed by atoms with E-state index < -0.39 is 0 Å². The summed E-state index contributed by atoms with van der Waals surface area (Å²) < 4.78 is 0. The Morgan fingerprint density at radius 3 is 2.62 bits per heavy atom. The van der Waals surface area contributed by atoms with Gasteiger partial charge >= 0.3 is 0 Å². The van der Waals surface area contributed by atoms with Crippen LogP contribution in [0.25, 0.3) is 0 Å². The first-order chi connectivity index (χ1) is 7.65. The van der Waals surface area contributed by atoms with Gasteiger partial charge in [-0.25, -0.2) is 0 Å². The Hall–Kier alpha value is -1.31. The van der Waals surface area contributed by atoms with Crippen LogP contribution in [0.2, 0.25) is 0 Å². The summed E-state index contributed by atoms with van der Waals surface area (Å²) >= 11 is 0. The fourth-order valence-electron chi connectivity index (χ4n) is 1.64. The van der Waals surface area contributed by atoms with Gasteiger partial charge in [-0.3, -0.25) is 4.79 Å². The molecule has 0 spiro atoms. The first-order valence-corrected chi connectivity index (χ1v) is 5.95. The van der Waals surface area contributed by atoms with Crippen molar-refractivity contribution in [3.05, 3.63) is 29.8 Å². The summed E-state index contributed by atoms with van der Waals surface area (Å²) in [4.78, 5) is 13.9. The van der Waals surface area contributed by atoms with Crippen molar-refractivity contribution in [1.29, 1.82) is 0 Å². The molecule has 0 radical (unpaired) electrons. The number of unbranched alkanes of at least 4 members (excludes halogenated alkanes) is 2. The van der Waals surface area contributed by atoms with E-state index in [1.165, 1.54) is 0 Å². The van der Waals surface area contributed by atoms with Crippen LogP contribution >= 0.6 is 0 Å². The quantitative estimate of drug-likeness (QED) is 0.539. The maximum atomic E-state index is 11.9. The average molecular weight is 219 g/mol. The van der Waals surface area contributed by atoms with E-state index in [0.717, 1.165) is 30.5 Å². The van der Waals surface area contributed by atoms with E-state index in [4.69, 9.17) is 0 Å². The Morgan fingerprint density at radius 1 is 1.25 bits per heavy atom. The predicted octanol–water partition coefficient (Wildman–Crippen LogP) is 3.52. The molecule has 0 aromatic heterocycles. The Bertz CT molecular complexity index is 344. The van der Waals surface area contributed by atoms with Crippen LogP contribution in [0.1, 0.15) is 43.0 Å². The molecule has 2 nitrogen and oxygen atoms in total. The van der Waals surface area contributed by atoms with Gasteiger partial charge in [0, 0.05) is 31.8 Å². The summed E-state index contributed by atoms with van der Waals surface area (Å²) in [6, 6.07) is 7.83. The van der Waals surface area contributed by atoms with Crippen molar-refractivity contribution < 1.29 is 4.79 Å². The Morgan fingerprint density at radius 2 is 2.00 bits per heavy atom. The van der Waals surface area contributed by atoms with Gasteiger partial charge in [0.15, 0.2) is 5.78 Å². The second-order valence-corrected chi connectivity index (χ2v) is 4.33. The van der Waals surface area contributed by atoms with Crippen LogP contribution in [0.15, 0.2) is 24.3 Å². The fourth-order valence-corrected chi connectivity index (χ4v) is 1.64. The molecule has 0 saturated heterocycles. The SMILES string of the molecule is CCCCCC(=O)c1cccc(N(C)C)c1. The van der Waals surface area contributed by atoms with Gasteiger partial charge in [0.1, 0.15) is 0 Å². The van der Waals surface area contributed by atoms with Crippen LogP contribution in [0, 0.1) is 0 Å². The summed E-state index contributed by atoms with van der Waals surface area (Å²) in [7, 11) is 3.97. The van der Waals surface area contributed by atoms with Crippen molar-refractivity contribution in [3.63, 3.8) is 0 Å². The summed E-state index contributed by atoms with van der Waals surface area (Å²) in [6.07, 6.45) is 3.97. The van der Waals surface area contributed by atoms with E-state index in [9.17, 15) is 4.79 Å². The van der Waals surface area contributed by atoms with E-state index in [1.54, 1.807) is 0 Å². The highest BCUT2D eigenvalue weighted by molar-refractivity contribution is 5.96. The molecule has 0 aliphatic rings. The molecule has 0 bridgehead atoms. The van der Waals surface area contributed by atoms with Crippen molar-refractivity contribution in [3.8, 4) is 0 Å². The Labute approximate surface area is 98.3 Å². The minimum Gasteiger partial charge on any atom is -0.378 e. The van der Waals surface area contributed by atoms with Gasteiger partial charge in [0.05, 0.1) is 0 Å². The van der Waals surface area contributed by atoms with Gasteiger partial charge in [-0.05, 0) is 18.6 Å². The molecular weight excluding hydrogens is 198 g/mol. The van der Waals surface area contributed by atoms with E-state index in [1.807, 2.05) is 43.3 Å². The van der Waals surface area contributed by atoms with Gasteiger partial charge < -0.3 is 4.90 Å². The number of carbonyl (C=O) groups excluding carboxylic acids is 1. The smallest absolute Gasteiger partial charge is 0.162 e. The largest absolute Gasteiger partial charge is 0.378 e. The highest BCUT2D eigenvalue weighted by atomic mass is 16.1. The third-order valence-electron chi connectivity index (χ3n) is 2.69. The van der Waals surface area contributed by atoms with E-state index in [2.05, 4.69) is 6.92 Å². The molecule has 0 atom stereocenters. The zero-order valence-electron chi connectivity index (χ0n) is 10.5. The first kappa shape index (κ1) is 12.8. The van der Waals surface area contributed by atoms with Gasteiger partial charge in [-0.2, -0.15) is 0 Å². The summed E-state index contributed by atoms with van der Waals surface area (Å²) in [6.45, 7) is 2.15. The Balaban J connectivity index is 2.64. The number of carbonyl (C=O) groups is 1. The predicted molar refractivity (Wildman–Crippen MR) is 69.2 cm³/mol. The van der Waals surface area contributed by atoms with Crippen molar-refractivity contribution in [1.82, 2.24) is 0 Å². The molecule has 0 N–H and O–H groups in total. The monoisotopic (exact) mass is 219 g/mol. The second-order valence-electron chi connectivity index (χ2n) is 4.33. The van der Waals surface area contributed by atoms with Crippen LogP contribution in [0.5, 0.6) is 0 Å². The molecule has 16 heavy (non-hydrogen) atoms. The number of rotatable bonds is 6. The summed E-state index contributed by atoms with van der Waals surface area (Å²) in [5.74, 6) is 0.261. The number of hydrogen-bond acceptors (Lipinski definition) is 2. The molecule has 0 heterocycles. The number of ketones is 1. The first-order valence-electron chi connectivity index (χ1n) is 5.95. The maximum absolute atomic E-state index is 11.9. The number of Topliss-reactive ketones (excluding diaryl/α,β-unsaturated/α-hetero) is 1. The van der Waals surface area contributed by atoms with Crippen molar-refractivity contribution >= 4 is 11.5 Å². The topological polar surface area (TPSA) is 20.3 Å². The standard InChI is InChI=1S/C14H21NO/c1-4-5-6-10-14(16)12-8-7-9-13(11-12)15(2)3/h7-9,11H,4-6,10H2,1-3H3. The molecule has 0 aliphatic heterocycles. The molecule has 1 rings (SSSR count). The normalized spacial score (nSPS) is 10.2. The highest BCUT2D eigenvalue weighted by Crippen LogP contribution is 2.15. The number of benzene rings is 1. The lowest BCUT2D eigenvalue weighted by molar-refractivity contribution is 0.0979. The van der Waals surface area contributed by atoms with E-state index in [-0.39, 0.29) is 5.78 Å². The lowest BCUT2D eigenvalue weighted by Gasteiger charge is -2.13. The lowest BCUT2D eigenvalue weighted by Crippen LogP contribution is -2.09. The highest BCUT2D eigenvalue weighted by Gasteiger charge is 2.06. The van der Waals surface area contributed by atoms with E-state index in [0.29, 0.717) is 6.42 Å². The molecule has 0 amide bonds. The zero-order valence-corrected chi connectivity index (χ0v) is 10.5. The van der Waals surface area contributed by atoms with Crippen molar-refractivity contribution in [2.24, 2.45) is 0 Å².